The van der Waals surface area contributed by atoms with Gasteiger partial charge in [0, 0.05) is 0 Å². The Balaban J connectivity index is 3.78. The molecule has 0 aromatic heterocycles. The number of ketones is 1. The fraction of sp³-hybridized carbons (Fsp3) is 0.250. The lowest BCUT2D eigenvalue weighted by Crippen LogP contribution is -2.06. The third-order valence-electron chi connectivity index (χ3n) is 0.505. The second-order valence-corrected chi connectivity index (χ2v) is 1.68. The Kier molecular flexibility index (Phi) is 3.54. The molecule has 0 fully saturated rings. The molecule has 50 valence electrons. The highest BCUT2D eigenvalue weighted by Crippen LogP contribution is 1.76. The summed E-state index contributed by atoms with van der Waals surface area (Å²) in [6, 6.07) is 0. The highest BCUT2D eigenvalue weighted by Gasteiger charge is 2.02. The Morgan fingerprint density at radius 3 is 2.44 bits per heavy atom. The molecule has 0 aromatic rings. The Labute approximate surface area is 54.6 Å². The van der Waals surface area contributed by atoms with E-state index in [1.54, 1.807) is 0 Å². The second kappa shape index (κ2) is 3.96. The molecule has 0 aromatic carbocycles. The molecule has 1 N–H and O–H groups in total. The maximum absolute atomic E-state index is 10.2. The van der Waals surface area contributed by atoms with Gasteiger partial charge in [0.1, 0.15) is 6.42 Å². The van der Waals surface area contributed by atoms with Crippen molar-refractivity contribution in [2.75, 3.05) is 0 Å². The van der Waals surface area contributed by atoms with Crippen LogP contribution in [0.15, 0.2) is 0 Å². The number of hydrogen-bond donors (Lipinski definition) is 1. The van der Waals surface area contributed by atoms with Crippen molar-refractivity contribution in [3.63, 3.8) is 0 Å². The first-order valence-electron chi connectivity index (χ1n) is 2.03. The van der Waals surface area contributed by atoms with E-state index in [4.69, 9.17) is 5.11 Å². The average molecular weight is 148 g/mol. The minimum atomic E-state index is -1.22. The lowest BCUT2D eigenvalue weighted by atomic mass is 10.3. The van der Waals surface area contributed by atoms with Crippen LogP contribution in [-0.2, 0) is 20.8 Å². The van der Waals surface area contributed by atoms with Crippen LogP contribution < -0.4 is 0 Å². The van der Waals surface area contributed by atoms with Crippen molar-refractivity contribution in [3.05, 3.63) is 0 Å². The van der Waals surface area contributed by atoms with Gasteiger partial charge in [0.25, 0.3) is 0 Å². The molecule has 0 radical (unpaired) electrons. The molecule has 0 aliphatic carbocycles. The van der Waals surface area contributed by atoms with Gasteiger partial charge in [0.15, 0.2) is 5.78 Å². The zero-order chi connectivity index (χ0) is 7.28. The molecule has 0 aliphatic heterocycles. The number of carboxylic acids is 1. The molecule has 0 spiro atoms. The third-order valence-corrected chi connectivity index (χ3v) is 0.864. The summed E-state index contributed by atoms with van der Waals surface area (Å²) in [5.41, 5.74) is 0. The van der Waals surface area contributed by atoms with Gasteiger partial charge in [0.05, 0.1) is 16.6 Å². The predicted molar refractivity (Wildman–Crippen MR) is 31.5 cm³/mol. The molecular formula is C4H4O4S. The van der Waals surface area contributed by atoms with Crippen molar-refractivity contribution in [2.45, 2.75) is 6.42 Å². The van der Waals surface area contributed by atoms with Crippen LogP contribution in [0.3, 0.4) is 0 Å². The summed E-state index contributed by atoms with van der Waals surface area (Å²) >= 11 is -0.0362. The highest BCUT2D eigenvalue weighted by molar-refractivity contribution is 7.66. The van der Waals surface area contributed by atoms with Gasteiger partial charge in [-0.3, -0.25) is 9.59 Å². The van der Waals surface area contributed by atoms with Gasteiger partial charge in [-0.1, -0.05) is 0 Å². The summed E-state index contributed by atoms with van der Waals surface area (Å²) in [4.78, 5) is 19.9. The molecule has 5 heteroatoms. The monoisotopic (exact) mass is 148 g/mol. The van der Waals surface area contributed by atoms with E-state index >= 15 is 0 Å². The van der Waals surface area contributed by atoms with E-state index in [1.807, 2.05) is 0 Å². The zero-order valence-electron chi connectivity index (χ0n) is 4.36. The normalized spacial score (nSPS) is 8.00. The largest absolute Gasteiger partial charge is 0.481 e. The van der Waals surface area contributed by atoms with E-state index in [9.17, 15) is 13.8 Å². The van der Waals surface area contributed by atoms with Gasteiger partial charge < -0.3 is 5.11 Å². The van der Waals surface area contributed by atoms with Crippen molar-refractivity contribution in [2.24, 2.45) is 0 Å². The number of carboxylic acid groups (broad SMARTS) is 1. The molecule has 4 nitrogen and oxygen atoms in total. The van der Waals surface area contributed by atoms with Crippen LogP contribution in [-0.4, -0.2) is 26.4 Å². The topological polar surface area (TPSA) is 71.4 Å². The standard InChI is InChI=1S/C4H4O4S/c5-3(2-9-8)1-4(6)7/h2H,1H2,(H,6,7). The minimum Gasteiger partial charge on any atom is -0.481 e. The Morgan fingerprint density at radius 1 is 1.56 bits per heavy atom. The van der Waals surface area contributed by atoms with Crippen LogP contribution >= 0.6 is 0 Å². The molecule has 0 saturated heterocycles. The van der Waals surface area contributed by atoms with E-state index in [2.05, 4.69) is 0 Å². The van der Waals surface area contributed by atoms with Crippen LogP contribution in [0.5, 0.6) is 0 Å². The summed E-state index contributed by atoms with van der Waals surface area (Å²) in [7, 11) is 0. The molecule has 0 saturated carbocycles. The lowest BCUT2D eigenvalue weighted by molar-refractivity contribution is -0.138. The first-order chi connectivity index (χ1) is 4.16. The van der Waals surface area contributed by atoms with Crippen molar-refractivity contribution in [1.29, 1.82) is 0 Å². The smallest absolute Gasteiger partial charge is 0.311 e. The summed E-state index contributed by atoms with van der Waals surface area (Å²) in [5, 5.41) is 8.69. The van der Waals surface area contributed by atoms with Crippen LogP contribution in [0.25, 0.3) is 0 Å². The second-order valence-electron chi connectivity index (χ2n) is 1.25. The summed E-state index contributed by atoms with van der Waals surface area (Å²) in [6.45, 7) is 0. The van der Waals surface area contributed by atoms with E-state index in [-0.39, 0.29) is 11.3 Å². The molecule has 0 amide bonds. The number of Topliss-reactive ketones (excluding diaryl/α,β-unsaturated/α-hetero) is 1. The fourth-order valence-electron chi connectivity index (χ4n) is 0.244. The van der Waals surface area contributed by atoms with E-state index in [0.717, 1.165) is 5.37 Å². The summed E-state index contributed by atoms with van der Waals surface area (Å²) in [6.07, 6.45) is -0.602. The van der Waals surface area contributed by atoms with E-state index < -0.39 is 18.2 Å². The fourth-order valence-corrected chi connectivity index (χ4v) is 0.435. The molecule has 0 aliphatic rings. The molecule has 0 rings (SSSR count). The minimum absolute atomic E-state index is 0.0362. The van der Waals surface area contributed by atoms with E-state index in [1.165, 1.54) is 0 Å². The molecule has 0 unspecified atom stereocenters. The Hall–Kier alpha value is -0.970. The summed E-state index contributed by atoms with van der Waals surface area (Å²) in [5.74, 6) is -1.88. The maximum atomic E-state index is 10.2. The van der Waals surface area contributed by atoms with Crippen molar-refractivity contribution in [3.8, 4) is 0 Å². The molecular weight excluding hydrogens is 144 g/mol. The summed E-state index contributed by atoms with van der Waals surface area (Å²) < 4.78 is 9.57. The molecule has 9 heavy (non-hydrogen) atoms. The zero-order valence-corrected chi connectivity index (χ0v) is 5.18. The molecule has 0 heterocycles. The van der Waals surface area contributed by atoms with Crippen LogP contribution in [0.2, 0.25) is 0 Å². The highest BCUT2D eigenvalue weighted by atomic mass is 32.1. The van der Waals surface area contributed by atoms with Gasteiger partial charge in [-0.25, -0.2) is 4.21 Å². The lowest BCUT2D eigenvalue weighted by Gasteiger charge is -1.81. The SMILES string of the molecule is O=S=CC(=O)CC(=O)O. The third kappa shape index (κ3) is 4.89. The van der Waals surface area contributed by atoms with Gasteiger partial charge >= 0.3 is 5.97 Å². The Morgan fingerprint density at radius 2 is 2.11 bits per heavy atom. The van der Waals surface area contributed by atoms with E-state index in [0.29, 0.717) is 0 Å². The maximum Gasteiger partial charge on any atom is 0.311 e. The van der Waals surface area contributed by atoms with Crippen molar-refractivity contribution >= 4 is 28.4 Å². The average Bonchev–Trinajstić information content (AvgIpc) is 1.63. The number of carbonyl (C=O) groups is 2. The van der Waals surface area contributed by atoms with Gasteiger partial charge in [-0.05, 0) is 0 Å². The van der Waals surface area contributed by atoms with Crippen molar-refractivity contribution in [1.82, 2.24) is 0 Å². The molecule has 0 bridgehead atoms. The number of rotatable bonds is 3. The number of aliphatic carboxylic acids is 1. The van der Waals surface area contributed by atoms with Gasteiger partial charge in [-0.2, -0.15) is 0 Å². The van der Waals surface area contributed by atoms with Crippen LogP contribution in [0, 0.1) is 0 Å². The first-order valence-corrected chi connectivity index (χ1v) is 2.83. The van der Waals surface area contributed by atoms with Gasteiger partial charge in [-0.15, -0.1) is 0 Å². The predicted octanol–water partition coefficient (Wildman–Crippen LogP) is -0.955. The Bertz CT molecular complexity index is 179. The van der Waals surface area contributed by atoms with Crippen LogP contribution in [0.1, 0.15) is 6.42 Å². The van der Waals surface area contributed by atoms with Crippen molar-refractivity contribution < 1.29 is 18.9 Å². The van der Waals surface area contributed by atoms with Gasteiger partial charge in [0.2, 0.25) is 0 Å². The number of carbonyl (C=O) groups excluding carboxylic acids is 1. The first kappa shape index (κ1) is 8.03. The van der Waals surface area contributed by atoms with Crippen LogP contribution in [0.4, 0.5) is 0 Å². The quantitative estimate of drug-likeness (QED) is 0.413. The number of hydrogen-bond acceptors (Lipinski definition) is 3. The molecule has 0 atom stereocenters.